The van der Waals surface area contributed by atoms with E-state index in [1.807, 2.05) is 0 Å². The van der Waals surface area contributed by atoms with Crippen LogP contribution < -0.4 is 0 Å². The van der Waals surface area contributed by atoms with Crippen molar-refractivity contribution in [2.75, 3.05) is 0 Å². The zero-order chi connectivity index (χ0) is 8.85. The summed E-state index contributed by atoms with van der Waals surface area (Å²) in [5.74, 6) is 0.694. The lowest BCUT2D eigenvalue weighted by Crippen LogP contribution is -1.88. The Labute approximate surface area is 71.0 Å². The Morgan fingerprint density at radius 2 is 1.82 bits per heavy atom. The molecule has 0 aliphatic heterocycles. The van der Waals surface area contributed by atoms with E-state index < -0.39 is 0 Å². The largest absolute Gasteiger partial charge is 0.0884 e. The predicted octanol–water partition coefficient (Wildman–Crippen LogP) is 3.95. The number of hydrogen-bond acceptors (Lipinski definition) is 0. The van der Waals surface area contributed by atoms with Gasteiger partial charge in [0.1, 0.15) is 0 Å². The van der Waals surface area contributed by atoms with Gasteiger partial charge < -0.3 is 0 Å². The van der Waals surface area contributed by atoms with Crippen molar-refractivity contribution in [2.24, 2.45) is 5.92 Å². The minimum atomic E-state index is 0.694. The van der Waals surface area contributed by atoms with Crippen LogP contribution in [0.2, 0.25) is 0 Å². The van der Waals surface area contributed by atoms with Gasteiger partial charge in [-0.1, -0.05) is 37.1 Å². The SMILES string of the molecule is CC=C(C)C/C=C(\C)C(C)C. The maximum Gasteiger partial charge on any atom is -0.0139 e. The van der Waals surface area contributed by atoms with E-state index in [1.165, 1.54) is 11.1 Å². The lowest BCUT2D eigenvalue weighted by molar-refractivity contribution is 0.763. The molecule has 0 rings (SSSR count). The summed E-state index contributed by atoms with van der Waals surface area (Å²) in [5.41, 5.74) is 2.94. The van der Waals surface area contributed by atoms with Gasteiger partial charge in [0.15, 0.2) is 0 Å². The molecule has 0 heteroatoms. The molecule has 0 N–H and O–H groups in total. The lowest BCUT2D eigenvalue weighted by Gasteiger charge is -2.04. The Kier molecular flexibility index (Phi) is 4.93. The van der Waals surface area contributed by atoms with Crippen LogP contribution in [0, 0.1) is 5.92 Å². The molecule has 11 heavy (non-hydrogen) atoms. The van der Waals surface area contributed by atoms with Gasteiger partial charge in [-0.25, -0.2) is 0 Å². The van der Waals surface area contributed by atoms with Gasteiger partial charge in [0.05, 0.1) is 0 Å². The van der Waals surface area contributed by atoms with E-state index in [0.29, 0.717) is 5.92 Å². The van der Waals surface area contributed by atoms with Gasteiger partial charge in [-0.3, -0.25) is 0 Å². The molecule has 0 aliphatic rings. The van der Waals surface area contributed by atoms with Crippen LogP contribution in [-0.4, -0.2) is 0 Å². The normalized spacial score (nSPS) is 14.4. The van der Waals surface area contributed by atoms with Crippen LogP contribution in [0.5, 0.6) is 0 Å². The fraction of sp³-hybridized carbons (Fsp3) is 0.636. The van der Waals surface area contributed by atoms with Gasteiger partial charge in [-0.2, -0.15) is 0 Å². The molecule has 0 aromatic heterocycles. The highest BCUT2D eigenvalue weighted by Gasteiger charge is 1.94. The van der Waals surface area contributed by atoms with Gasteiger partial charge in [-0.15, -0.1) is 0 Å². The molecule has 0 saturated carbocycles. The van der Waals surface area contributed by atoms with Gasteiger partial charge >= 0.3 is 0 Å². The van der Waals surface area contributed by atoms with E-state index in [9.17, 15) is 0 Å². The van der Waals surface area contributed by atoms with Gasteiger partial charge in [0.2, 0.25) is 0 Å². The third-order valence-electron chi connectivity index (χ3n) is 2.15. The van der Waals surface area contributed by atoms with Crippen molar-refractivity contribution >= 4 is 0 Å². The molecular formula is C11H20. The van der Waals surface area contributed by atoms with Crippen molar-refractivity contribution in [3.63, 3.8) is 0 Å². The Hall–Kier alpha value is -0.520. The molecule has 0 amide bonds. The molecule has 0 aromatic carbocycles. The summed E-state index contributed by atoms with van der Waals surface area (Å²) in [6, 6.07) is 0. The second-order valence-electron chi connectivity index (χ2n) is 3.44. The van der Waals surface area contributed by atoms with E-state index in [2.05, 4.69) is 46.8 Å². The molecule has 0 atom stereocenters. The molecule has 0 radical (unpaired) electrons. The summed E-state index contributed by atoms with van der Waals surface area (Å²) in [7, 11) is 0. The first-order valence-electron chi connectivity index (χ1n) is 4.36. The fourth-order valence-electron chi connectivity index (χ4n) is 0.676. The highest BCUT2D eigenvalue weighted by molar-refractivity contribution is 5.09. The summed E-state index contributed by atoms with van der Waals surface area (Å²) < 4.78 is 0. The van der Waals surface area contributed by atoms with Gasteiger partial charge in [0.25, 0.3) is 0 Å². The third-order valence-corrected chi connectivity index (χ3v) is 2.15. The number of rotatable bonds is 3. The Bertz CT molecular complexity index is 159. The molecule has 0 saturated heterocycles. The van der Waals surface area contributed by atoms with Crippen molar-refractivity contribution in [1.29, 1.82) is 0 Å². The van der Waals surface area contributed by atoms with Gasteiger partial charge in [0, 0.05) is 0 Å². The first kappa shape index (κ1) is 10.5. The van der Waals surface area contributed by atoms with Crippen molar-refractivity contribution in [3.8, 4) is 0 Å². The minimum absolute atomic E-state index is 0.694. The van der Waals surface area contributed by atoms with E-state index in [-0.39, 0.29) is 0 Å². The number of allylic oxidation sites excluding steroid dienone is 4. The average molecular weight is 152 g/mol. The summed E-state index contributed by atoms with van der Waals surface area (Å²) in [5, 5.41) is 0. The molecule has 64 valence electrons. The van der Waals surface area contributed by atoms with Gasteiger partial charge in [-0.05, 0) is 33.1 Å². The minimum Gasteiger partial charge on any atom is -0.0884 e. The quantitative estimate of drug-likeness (QED) is 0.537. The first-order chi connectivity index (χ1) is 5.07. The topological polar surface area (TPSA) is 0 Å². The highest BCUT2D eigenvalue weighted by atomic mass is 14.0. The van der Waals surface area contributed by atoms with E-state index in [0.717, 1.165) is 6.42 Å². The molecule has 0 nitrogen and oxygen atoms in total. The van der Waals surface area contributed by atoms with Crippen LogP contribution in [0.15, 0.2) is 23.3 Å². The van der Waals surface area contributed by atoms with Crippen LogP contribution >= 0.6 is 0 Å². The lowest BCUT2D eigenvalue weighted by atomic mass is 10.0. The van der Waals surface area contributed by atoms with Crippen molar-refractivity contribution in [2.45, 2.75) is 41.0 Å². The third kappa shape index (κ3) is 4.83. The van der Waals surface area contributed by atoms with E-state index in [1.54, 1.807) is 0 Å². The zero-order valence-corrected chi connectivity index (χ0v) is 8.44. The Morgan fingerprint density at radius 1 is 1.27 bits per heavy atom. The van der Waals surface area contributed by atoms with Crippen LogP contribution in [-0.2, 0) is 0 Å². The molecule has 0 aromatic rings. The zero-order valence-electron chi connectivity index (χ0n) is 8.44. The molecule has 0 heterocycles. The summed E-state index contributed by atoms with van der Waals surface area (Å²) in [4.78, 5) is 0. The molecule has 0 spiro atoms. The van der Waals surface area contributed by atoms with E-state index in [4.69, 9.17) is 0 Å². The molecule has 0 aliphatic carbocycles. The second-order valence-corrected chi connectivity index (χ2v) is 3.44. The van der Waals surface area contributed by atoms with Crippen molar-refractivity contribution < 1.29 is 0 Å². The molecular weight excluding hydrogens is 132 g/mol. The summed E-state index contributed by atoms with van der Waals surface area (Å²) >= 11 is 0. The Morgan fingerprint density at radius 3 is 2.18 bits per heavy atom. The summed E-state index contributed by atoms with van der Waals surface area (Å²) in [6.07, 6.45) is 5.60. The fourth-order valence-corrected chi connectivity index (χ4v) is 0.676. The maximum absolute atomic E-state index is 2.32. The smallest absolute Gasteiger partial charge is 0.0139 e. The Balaban J connectivity index is 3.92. The monoisotopic (exact) mass is 152 g/mol. The second kappa shape index (κ2) is 5.17. The number of hydrogen-bond donors (Lipinski definition) is 0. The standard InChI is InChI=1S/C11H20/c1-6-10(4)7-8-11(5)9(2)3/h6,8-9H,7H2,1-5H3/b10-6?,11-8+. The van der Waals surface area contributed by atoms with Crippen LogP contribution in [0.1, 0.15) is 41.0 Å². The van der Waals surface area contributed by atoms with E-state index >= 15 is 0 Å². The predicted molar refractivity (Wildman–Crippen MR) is 52.6 cm³/mol. The van der Waals surface area contributed by atoms with Crippen molar-refractivity contribution in [1.82, 2.24) is 0 Å². The maximum atomic E-state index is 2.32. The van der Waals surface area contributed by atoms with Crippen LogP contribution in [0.4, 0.5) is 0 Å². The van der Waals surface area contributed by atoms with Crippen LogP contribution in [0.25, 0.3) is 0 Å². The first-order valence-corrected chi connectivity index (χ1v) is 4.36. The molecule has 0 fully saturated rings. The average Bonchev–Trinajstić information content (AvgIpc) is 1.99. The van der Waals surface area contributed by atoms with Crippen molar-refractivity contribution in [3.05, 3.63) is 23.3 Å². The summed E-state index contributed by atoms with van der Waals surface area (Å²) in [6.45, 7) is 10.9. The van der Waals surface area contributed by atoms with Crippen LogP contribution in [0.3, 0.4) is 0 Å². The molecule has 0 bridgehead atoms. The molecule has 0 unspecified atom stereocenters. The highest BCUT2D eigenvalue weighted by Crippen LogP contribution is 2.11.